The number of hydrogen-bond donors (Lipinski definition) is 0. The lowest BCUT2D eigenvalue weighted by Crippen LogP contribution is -1.97. The van der Waals surface area contributed by atoms with Crippen LogP contribution < -0.4 is 0 Å². The van der Waals surface area contributed by atoms with Gasteiger partial charge in [-0.3, -0.25) is 0 Å². The Kier molecular flexibility index (Phi) is 3.79. The zero-order chi connectivity index (χ0) is 12.6. The maximum atomic E-state index is 5.55. The first-order valence-corrected chi connectivity index (χ1v) is 7.16. The van der Waals surface area contributed by atoms with Gasteiger partial charge in [0.15, 0.2) is 0 Å². The summed E-state index contributed by atoms with van der Waals surface area (Å²) >= 11 is 7.28. The molecule has 1 heterocycles. The summed E-state index contributed by atoms with van der Waals surface area (Å²) in [6.07, 6.45) is 1.74. The van der Waals surface area contributed by atoms with Crippen molar-refractivity contribution in [3.8, 4) is 0 Å². The first kappa shape index (κ1) is 12.9. The third-order valence-corrected chi connectivity index (χ3v) is 4.72. The topological polar surface area (TPSA) is 13.1 Å². The Morgan fingerprint density at radius 1 is 1.06 bits per heavy atom. The van der Waals surface area contributed by atoms with E-state index in [0.29, 0.717) is 0 Å². The van der Waals surface area contributed by atoms with Crippen molar-refractivity contribution in [3.05, 3.63) is 56.9 Å². The quantitative estimate of drug-likeness (QED) is 0.651. The Bertz CT molecular complexity index is 543. The molecule has 0 saturated carbocycles. The van der Waals surface area contributed by atoms with E-state index in [2.05, 4.69) is 64.8 Å². The van der Waals surface area contributed by atoms with E-state index in [-0.39, 0.29) is 4.83 Å². The van der Waals surface area contributed by atoms with Crippen LogP contribution >= 0.6 is 31.9 Å². The smallest absolute Gasteiger partial charge is 0.124 e. The minimum Gasteiger partial charge on any atom is -0.468 e. The number of alkyl halides is 1. The van der Waals surface area contributed by atoms with Gasteiger partial charge in [-0.15, -0.1) is 0 Å². The molecule has 0 spiro atoms. The van der Waals surface area contributed by atoms with Crippen molar-refractivity contribution in [3.63, 3.8) is 0 Å². The van der Waals surface area contributed by atoms with Crippen molar-refractivity contribution >= 4 is 31.9 Å². The number of hydrogen-bond acceptors (Lipinski definition) is 1. The van der Waals surface area contributed by atoms with E-state index < -0.39 is 0 Å². The van der Waals surface area contributed by atoms with E-state index >= 15 is 0 Å². The number of benzene rings is 1. The average molecular weight is 358 g/mol. The second-order valence-electron chi connectivity index (χ2n) is 4.29. The molecule has 1 aromatic heterocycles. The Morgan fingerprint density at radius 3 is 2.35 bits per heavy atom. The molecule has 0 fully saturated rings. The fourth-order valence-corrected chi connectivity index (χ4v) is 3.28. The van der Waals surface area contributed by atoms with Crippen LogP contribution in [0.15, 0.2) is 33.4 Å². The summed E-state index contributed by atoms with van der Waals surface area (Å²) in [6.45, 7) is 6.28. The maximum absolute atomic E-state index is 5.55. The molecule has 0 N–H and O–H groups in total. The minimum atomic E-state index is 0.115. The molecular weight excluding hydrogens is 344 g/mol. The molecule has 0 radical (unpaired) electrons. The average Bonchev–Trinajstić information content (AvgIpc) is 2.69. The number of rotatable bonds is 2. The number of aryl methyl sites for hydroxylation is 3. The molecule has 2 aromatic rings. The maximum Gasteiger partial charge on any atom is 0.124 e. The van der Waals surface area contributed by atoms with E-state index in [0.717, 1.165) is 10.2 Å². The van der Waals surface area contributed by atoms with Crippen molar-refractivity contribution in [2.75, 3.05) is 0 Å². The molecule has 1 atom stereocenters. The van der Waals surface area contributed by atoms with Crippen LogP contribution in [0.1, 0.15) is 32.8 Å². The fourth-order valence-electron chi connectivity index (χ4n) is 1.86. The van der Waals surface area contributed by atoms with Gasteiger partial charge in [-0.2, -0.15) is 0 Å². The highest BCUT2D eigenvalue weighted by molar-refractivity contribution is 9.10. The lowest BCUT2D eigenvalue weighted by Gasteiger charge is -2.14. The van der Waals surface area contributed by atoms with Gasteiger partial charge in [-0.25, -0.2) is 0 Å². The van der Waals surface area contributed by atoms with Crippen molar-refractivity contribution in [1.29, 1.82) is 0 Å². The van der Waals surface area contributed by atoms with Gasteiger partial charge >= 0.3 is 0 Å². The summed E-state index contributed by atoms with van der Waals surface area (Å²) in [7, 11) is 0. The summed E-state index contributed by atoms with van der Waals surface area (Å²) < 4.78 is 6.69. The van der Waals surface area contributed by atoms with Crippen molar-refractivity contribution in [2.24, 2.45) is 0 Å². The highest BCUT2D eigenvalue weighted by Gasteiger charge is 2.18. The molecule has 90 valence electrons. The van der Waals surface area contributed by atoms with E-state index in [1.807, 2.05) is 6.07 Å². The summed E-state index contributed by atoms with van der Waals surface area (Å²) in [5, 5.41) is 0. The summed E-state index contributed by atoms with van der Waals surface area (Å²) in [6, 6.07) is 6.34. The number of furan rings is 1. The van der Waals surface area contributed by atoms with Crippen LogP contribution in [0.5, 0.6) is 0 Å². The molecule has 17 heavy (non-hydrogen) atoms. The zero-order valence-corrected chi connectivity index (χ0v) is 13.2. The normalized spacial score (nSPS) is 12.8. The predicted octanol–water partition coefficient (Wildman–Crippen LogP) is 5.45. The predicted molar refractivity (Wildman–Crippen MR) is 77.8 cm³/mol. The standard InChI is InChI=1S/C14H14Br2O/c1-8-4-5-17-14(8)13(16)11-6-10(3)12(15)7-9(11)2/h4-7,13H,1-3H3. The van der Waals surface area contributed by atoms with Gasteiger partial charge in [0, 0.05) is 4.47 Å². The first-order chi connectivity index (χ1) is 8.00. The Morgan fingerprint density at radius 2 is 1.76 bits per heavy atom. The molecule has 0 aliphatic heterocycles. The summed E-state index contributed by atoms with van der Waals surface area (Å²) in [4.78, 5) is 0.115. The fraction of sp³-hybridized carbons (Fsp3) is 0.286. The van der Waals surface area contributed by atoms with Gasteiger partial charge in [-0.1, -0.05) is 37.9 Å². The Hall–Kier alpha value is -0.540. The van der Waals surface area contributed by atoms with E-state index in [4.69, 9.17) is 4.42 Å². The van der Waals surface area contributed by atoms with Crippen LogP contribution in [-0.2, 0) is 0 Å². The van der Waals surface area contributed by atoms with Gasteiger partial charge in [-0.05, 0) is 55.2 Å². The lowest BCUT2D eigenvalue weighted by atomic mass is 10.0. The van der Waals surface area contributed by atoms with Crippen LogP contribution in [0.2, 0.25) is 0 Å². The largest absolute Gasteiger partial charge is 0.468 e. The van der Waals surface area contributed by atoms with Gasteiger partial charge in [0.1, 0.15) is 5.76 Å². The Balaban J connectivity index is 2.48. The lowest BCUT2D eigenvalue weighted by molar-refractivity contribution is 0.516. The van der Waals surface area contributed by atoms with Crippen LogP contribution in [0, 0.1) is 20.8 Å². The van der Waals surface area contributed by atoms with E-state index in [9.17, 15) is 0 Å². The van der Waals surface area contributed by atoms with Gasteiger partial charge in [0.05, 0.1) is 11.1 Å². The molecular formula is C14H14Br2O. The Labute approximate surface area is 118 Å². The van der Waals surface area contributed by atoms with Crippen LogP contribution in [0.3, 0.4) is 0 Å². The van der Waals surface area contributed by atoms with Gasteiger partial charge < -0.3 is 4.42 Å². The molecule has 1 nitrogen and oxygen atoms in total. The third kappa shape index (κ3) is 2.50. The molecule has 0 aliphatic carbocycles. The van der Waals surface area contributed by atoms with E-state index in [1.165, 1.54) is 22.3 Å². The van der Waals surface area contributed by atoms with Crippen LogP contribution in [0.4, 0.5) is 0 Å². The second kappa shape index (κ2) is 4.99. The molecule has 2 rings (SSSR count). The van der Waals surface area contributed by atoms with Crippen LogP contribution in [-0.4, -0.2) is 0 Å². The van der Waals surface area contributed by atoms with Crippen molar-refractivity contribution < 1.29 is 4.42 Å². The minimum absolute atomic E-state index is 0.115. The molecule has 0 aliphatic rings. The van der Waals surface area contributed by atoms with Gasteiger partial charge in [0.2, 0.25) is 0 Å². The molecule has 3 heteroatoms. The molecule has 0 amide bonds. The number of halogens is 2. The van der Waals surface area contributed by atoms with Crippen molar-refractivity contribution in [2.45, 2.75) is 25.6 Å². The van der Waals surface area contributed by atoms with E-state index in [1.54, 1.807) is 6.26 Å². The molecule has 0 saturated heterocycles. The summed E-state index contributed by atoms with van der Waals surface area (Å²) in [5.74, 6) is 0.981. The molecule has 1 unspecified atom stereocenters. The molecule has 1 aromatic carbocycles. The first-order valence-electron chi connectivity index (χ1n) is 5.45. The third-order valence-electron chi connectivity index (χ3n) is 2.95. The summed E-state index contributed by atoms with van der Waals surface area (Å²) in [5.41, 5.74) is 4.91. The monoisotopic (exact) mass is 356 g/mol. The highest BCUT2D eigenvalue weighted by Crippen LogP contribution is 2.36. The van der Waals surface area contributed by atoms with Gasteiger partial charge in [0.25, 0.3) is 0 Å². The van der Waals surface area contributed by atoms with Crippen molar-refractivity contribution in [1.82, 2.24) is 0 Å². The second-order valence-corrected chi connectivity index (χ2v) is 6.06. The molecule has 0 bridgehead atoms. The zero-order valence-electron chi connectivity index (χ0n) is 10.1. The SMILES string of the molecule is Cc1cc(C(Br)c2occc2C)c(C)cc1Br. The van der Waals surface area contributed by atoms with Crippen LogP contribution in [0.25, 0.3) is 0 Å². The highest BCUT2D eigenvalue weighted by atomic mass is 79.9.